The molecule has 3 rings (SSSR count). The van der Waals surface area contributed by atoms with Crippen LogP contribution < -0.4 is 10.2 Å². The zero-order chi connectivity index (χ0) is 16.9. The molecule has 1 amide bonds. The summed E-state index contributed by atoms with van der Waals surface area (Å²) in [6.45, 7) is 2.57. The van der Waals surface area contributed by atoms with Crippen LogP contribution in [0.25, 0.3) is 0 Å². The predicted octanol–water partition coefficient (Wildman–Crippen LogP) is 3.96. The van der Waals surface area contributed by atoms with Crippen LogP contribution in [0.15, 0.2) is 36.7 Å². The number of carbonyl (C=O) groups excluding carboxylic acids is 1. The molecule has 0 saturated carbocycles. The van der Waals surface area contributed by atoms with Crippen molar-refractivity contribution >= 4 is 34.8 Å². The van der Waals surface area contributed by atoms with Crippen molar-refractivity contribution in [3.05, 3.63) is 57.8 Å². The van der Waals surface area contributed by atoms with E-state index in [1.54, 1.807) is 18.3 Å². The number of carbonyl (C=O) groups is 1. The van der Waals surface area contributed by atoms with Gasteiger partial charge in [0.2, 0.25) is 0 Å². The summed E-state index contributed by atoms with van der Waals surface area (Å²) >= 11 is 12.0. The van der Waals surface area contributed by atoms with Crippen LogP contribution in [0.1, 0.15) is 28.8 Å². The van der Waals surface area contributed by atoms with Crippen LogP contribution in [0.4, 0.5) is 5.69 Å². The lowest BCUT2D eigenvalue weighted by Gasteiger charge is -2.17. The van der Waals surface area contributed by atoms with Crippen LogP contribution in [0.3, 0.4) is 0 Å². The van der Waals surface area contributed by atoms with Gasteiger partial charge in [-0.3, -0.25) is 9.78 Å². The lowest BCUT2D eigenvalue weighted by molar-refractivity contribution is 0.0954. The van der Waals surface area contributed by atoms with Crippen molar-refractivity contribution in [3.8, 4) is 0 Å². The van der Waals surface area contributed by atoms with Gasteiger partial charge in [0.25, 0.3) is 5.91 Å². The fourth-order valence-electron chi connectivity index (χ4n) is 2.84. The molecule has 24 heavy (non-hydrogen) atoms. The lowest BCUT2D eigenvalue weighted by Crippen LogP contribution is -2.26. The van der Waals surface area contributed by atoms with E-state index in [4.69, 9.17) is 23.2 Å². The Morgan fingerprint density at radius 1 is 1.17 bits per heavy atom. The molecule has 0 unspecified atom stereocenters. The summed E-state index contributed by atoms with van der Waals surface area (Å²) < 4.78 is 0. The van der Waals surface area contributed by atoms with Gasteiger partial charge in [0.05, 0.1) is 17.4 Å². The Morgan fingerprint density at radius 2 is 1.96 bits per heavy atom. The van der Waals surface area contributed by atoms with Gasteiger partial charge in [-0.2, -0.15) is 0 Å². The molecule has 1 aliphatic heterocycles. The normalized spacial score (nSPS) is 14.0. The number of halogens is 2. The molecule has 126 valence electrons. The van der Waals surface area contributed by atoms with Crippen LogP contribution in [-0.2, 0) is 6.42 Å². The molecule has 2 heterocycles. The highest BCUT2D eigenvalue weighted by atomic mass is 35.5. The number of anilines is 1. The van der Waals surface area contributed by atoms with Crippen molar-refractivity contribution in [1.82, 2.24) is 10.3 Å². The van der Waals surface area contributed by atoms with Gasteiger partial charge in [-0.15, -0.1) is 0 Å². The number of hydrogen-bond acceptors (Lipinski definition) is 3. The summed E-state index contributed by atoms with van der Waals surface area (Å²) in [6, 6.07) is 7.30. The van der Waals surface area contributed by atoms with Crippen molar-refractivity contribution < 1.29 is 4.79 Å². The number of nitrogens with one attached hydrogen (secondary N) is 1. The molecule has 4 nitrogen and oxygen atoms in total. The standard InChI is InChI=1S/C18H19Cl2N3O/c19-15-4-3-13(17(20)10-15)5-6-22-18(24)14-9-16(12-21-11-14)23-7-1-2-8-23/h3-4,9-12H,1-2,5-8H2,(H,22,24). The van der Waals surface area contributed by atoms with Gasteiger partial charge in [0, 0.05) is 35.9 Å². The molecule has 1 saturated heterocycles. The molecule has 1 N–H and O–H groups in total. The smallest absolute Gasteiger partial charge is 0.252 e. The third-order valence-corrected chi connectivity index (χ3v) is 4.74. The van der Waals surface area contributed by atoms with E-state index in [9.17, 15) is 4.79 Å². The quantitative estimate of drug-likeness (QED) is 0.874. The number of aromatic nitrogens is 1. The first-order valence-corrected chi connectivity index (χ1v) is 8.81. The van der Waals surface area contributed by atoms with Gasteiger partial charge in [0.15, 0.2) is 0 Å². The summed E-state index contributed by atoms with van der Waals surface area (Å²) in [5.41, 5.74) is 2.56. The molecule has 1 aliphatic rings. The van der Waals surface area contributed by atoms with Crippen LogP contribution in [-0.4, -0.2) is 30.5 Å². The topological polar surface area (TPSA) is 45.2 Å². The van der Waals surface area contributed by atoms with E-state index < -0.39 is 0 Å². The highest BCUT2D eigenvalue weighted by molar-refractivity contribution is 6.35. The molecule has 1 aromatic heterocycles. The Balaban J connectivity index is 1.57. The second-order valence-electron chi connectivity index (χ2n) is 5.87. The first kappa shape index (κ1) is 17.1. The number of benzene rings is 1. The third-order valence-electron chi connectivity index (χ3n) is 4.15. The van der Waals surface area contributed by atoms with Gasteiger partial charge >= 0.3 is 0 Å². The maximum Gasteiger partial charge on any atom is 0.252 e. The Kier molecular flexibility index (Phi) is 5.59. The molecular weight excluding hydrogens is 345 g/mol. The van der Waals surface area contributed by atoms with E-state index in [2.05, 4.69) is 15.2 Å². The monoisotopic (exact) mass is 363 g/mol. The van der Waals surface area contributed by atoms with Crippen LogP contribution in [0.5, 0.6) is 0 Å². The van der Waals surface area contributed by atoms with Gasteiger partial charge < -0.3 is 10.2 Å². The van der Waals surface area contributed by atoms with Crippen molar-refractivity contribution in [2.24, 2.45) is 0 Å². The molecule has 0 bridgehead atoms. The number of hydrogen-bond donors (Lipinski definition) is 1. The van der Waals surface area contributed by atoms with Crippen LogP contribution in [0.2, 0.25) is 10.0 Å². The largest absolute Gasteiger partial charge is 0.370 e. The number of pyridine rings is 1. The molecule has 2 aromatic rings. The van der Waals surface area contributed by atoms with Gasteiger partial charge in [-0.1, -0.05) is 29.3 Å². The second kappa shape index (κ2) is 7.86. The summed E-state index contributed by atoms with van der Waals surface area (Å²) in [5.74, 6) is -0.117. The van der Waals surface area contributed by atoms with Gasteiger partial charge in [-0.25, -0.2) is 0 Å². The average Bonchev–Trinajstić information content (AvgIpc) is 3.11. The molecule has 0 atom stereocenters. The van der Waals surface area contributed by atoms with E-state index in [1.807, 2.05) is 18.3 Å². The van der Waals surface area contributed by atoms with E-state index in [0.29, 0.717) is 28.6 Å². The van der Waals surface area contributed by atoms with Crippen LogP contribution >= 0.6 is 23.2 Å². The number of rotatable bonds is 5. The molecule has 1 aromatic carbocycles. The van der Waals surface area contributed by atoms with Crippen molar-refractivity contribution in [1.29, 1.82) is 0 Å². The van der Waals surface area contributed by atoms with Crippen molar-refractivity contribution in [2.45, 2.75) is 19.3 Å². The summed E-state index contributed by atoms with van der Waals surface area (Å²) in [6.07, 6.45) is 6.46. The lowest BCUT2D eigenvalue weighted by atomic mass is 10.1. The molecule has 1 fully saturated rings. The highest BCUT2D eigenvalue weighted by Crippen LogP contribution is 2.22. The molecule has 0 spiro atoms. The zero-order valence-corrected chi connectivity index (χ0v) is 14.8. The minimum Gasteiger partial charge on any atom is -0.370 e. The van der Waals surface area contributed by atoms with E-state index >= 15 is 0 Å². The molecular formula is C18H19Cl2N3O. The van der Waals surface area contributed by atoms with Crippen LogP contribution in [0, 0.1) is 0 Å². The summed E-state index contributed by atoms with van der Waals surface area (Å²) in [5, 5.41) is 4.15. The maximum absolute atomic E-state index is 12.3. The minimum atomic E-state index is -0.117. The Labute approximate surface area is 151 Å². The van der Waals surface area contributed by atoms with Gasteiger partial charge in [0.1, 0.15) is 0 Å². The Bertz CT molecular complexity index is 730. The Morgan fingerprint density at radius 3 is 2.71 bits per heavy atom. The van der Waals surface area contributed by atoms with E-state index in [1.165, 1.54) is 12.8 Å². The molecule has 6 heteroatoms. The average molecular weight is 364 g/mol. The SMILES string of the molecule is O=C(NCCc1ccc(Cl)cc1Cl)c1cncc(N2CCCC2)c1. The zero-order valence-electron chi connectivity index (χ0n) is 13.3. The number of amides is 1. The van der Waals surface area contributed by atoms with E-state index in [0.717, 1.165) is 24.3 Å². The van der Waals surface area contributed by atoms with Gasteiger partial charge in [-0.05, 0) is 43.0 Å². The maximum atomic E-state index is 12.3. The Hall–Kier alpha value is -1.78. The molecule has 0 radical (unpaired) electrons. The molecule has 0 aliphatic carbocycles. The minimum absolute atomic E-state index is 0.117. The predicted molar refractivity (Wildman–Crippen MR) is 98.2 cm³/mol. The summed E-state index contributed by atoms with van der Waals surface area (Å²) in [7, 11) is 0. The van der Waals surface area contributed by atoms with Crippen molar-refractivity contribution in [2.75, 3.05) is 24.5 Å². The van der Waals surface area contributed by atoms with Crippen molar-refractivity contribution in [3.63, 3.8) is 0 Å². The fourth-order valence-corrected chi connectivity index (χ4v) is 3.34. The fraction of sp³-hybridized carbons (Fsp3) is 0.333. The summed E-state index contributed by atoms with van der Waals surface area (Å²) in [4.78, 5) is 18.8. The highest BCUT2D eigenvalue weighted by Gasteiger charge is 2.14. The first-order valence-electron chi connectivity index (χ1n) is 8.05. The number of nitrogens with zero attached hydrogens (tertiary/aromatic N) is 2. The van der Waals surface area contributed by atoms with E-state index in [-0.39, 0.29) is 5.91 Å². The third kappa shape index (κ3) is 4.19. The first-order chi connectivity index (χ1) is 11.6. The second-order valence-corrected chi connectivity index (χ2v) is 6.71.